The molecular formula is C20H31IN4O2. The highest BCUT2D eigenvalue weighted by molar-refractivity contribution is 14.0. The summed E-state index contributed by atoms with van der Waals surface area (Å²) in [6.07, 6.45) is 3.95. The number of ether oxygens (including phenoxy) is 2. The Balaban J connectivity index is 0.00000210. The third-order valence-corrected chi connectivity index (χ3v) is 5.70. The van der Waals surface area contributed by atoms with Crippen molar-refractivity contribution in [2.24, 2.45) is 4.99 Å². The Morgan fingerprint density at radius 3 is 2.74 bits per heavy atom. The van der Waals surface area contributed by atoms with Crippen LogP contribution in [-0.4, -0.2) is 56.4 Å². The van der Waals surface area contributed by atoms with Crippen molar-refractivity contribution in [2.45, 2.75) is 50.6 Å². The summed E-state index contributed by atoms with van der Waals surface area (Å²) in [6, 6.07) is 7.55. The van der Waals surface area contributed by atoms with Crippen LogP contribution in [0.5, 0.6) is 11.5 Å². The van der Waals surface area contributed by atoms with Gasteiger partial charge in [-0.1, -0.05) is 19.9 Å². The number of hydrogen-bond acceptors (Lipinski definition) is 4. The summed E-state index contributed by atoms with van der Waals surface area (Å²) in [5.74, 6) is 2.56. The predicted molar refractivity (Wildman–Crippen MR) is 119 cm³/mol. The molecular weight excluding hydrogens is 455 g/mol. The van der Waals surface area contributed by atoms with Gasteiger partial charge in [0, 0.05) is 44.2 Å². The van der Waals surface area contributed by atoms with Gasteiger partial charge < -0.3 is 20.1 Å². The fourth-order valence-corrected chi connectivity index (χ4v) is 3.79. The molecule has 0 spiro atoms. The molecule has 1 aliphatic carbocycles. The molecule has 7 heteroatoms. The summed E-state index contributed by atoms with van der Waals surface area (Å²) in [4.78, 5) is 7.04. The fraction of sp³-hybridized carbons (Fsp3) is 0.650. The molecule has 1 saturated carbocycles. The van der Waals surface area contributed by atoms with Crippen LogP contribution in [0.2, 0.25) is 0 Å². The van der Waals surface area contributed by atoms with E-state index >= 15 is 0 Å². The van der Waals surface area contributed by atoms with Gasteiger partial charge in [-0.15, -0.1) is 24.0 Å². The normalized spacial score (nSPS) is 22.5. The number of nitrogens with zero attached hydrogens (tertiary/aromatic N) is 2. The second kappa shape index (κ2) is 8.43. The molecule has 0 radical (unpaired) electrons. The minimum atomic E-state index is -0.0473. The van der Waals surface area contributed by atoms with E-state index in [2.05, 4.69) is 46.5 Å². The van der Waals surface area contributed by atoms with Crippen LogP contribution in [-0.2, 0) is 5.41 Å². The van der Waals surface area contributed by atoms with Crippen LogP contribution in [0.15, 0.2) is 23.2 Å². The Morgan fingerprint density at radius 1 is 1.22 bits per heavy atom. The standard InChI is InChI=1S/C20H30N4O2.HI/c1-20(2,14-4-7-17-18(10-14)26-13-25-17)12-22-19(21-3)23-15-8-9-24(11-15)16-5-6-16;/h4,7,10,15-16H,5-6,8-9,11-13H2,1-3H3,(H2,21,22,23);1H. The monoisotopic (exact) mass is 486 g/mol. The third kappa shape index (κ3) is 4.80. The van der Waals surface area contributed by atoms with E-state index in [1.165, 1.54) is 31.4 Å². The summed E-state index contributed by atoms with van der Waals surface area (Å²) in [7, 11) is 1.84. The van der Waals surface area contributed by atoms with E-state index in [4.69, 9.17) is 9.47 Å². The molecule has 1 atom stereocenters. The van der Waals surface area contributed by atoms with Crippen LogP contribution in [0.1, 0.15) is 38.7 Å². The lowest BCUT2D eigenvalue weighted by molar-refractivity contribution is 0.174. The van der Waals surface area contributed by atoms with Gasteiger partial charge in [0.2, 0.25) is 6.79 Å². The Labute approximate surface area is 179 Å². The van der Waals surface area contributed by atoms with Crippen molar-refractivity contribution in [1.82, 2.24) is 15.5 Å². The van der Waals surface area contributed by atoms with Gasteiger partial charge in [0.05, 0.1) is 0 Å². The van der Waals surface area contributed by atoms with Crippen LogP contribution < -0.4 is 20.1 Å². The highest BCUT2D eigenvalue weighted by atomic mass is 127. The molecule has 2 N–H and O–H groups in total. The van der Waals surface area contributed by atoms with E-state index in [0.29, 0.717) is 12.8 Å². The van der Waals surface area contributed by atoms with Gasteiger partial charge in [0.15, 0.2) is 17.5 Å². The lowest BCUT2D eigenvalue weighted by Crippen LogP contribution is -2.48. The quantitative estimate of drug-likeness (QED) is 0.381. The largest absolute Gasteiger partial charge is 0.454 e. The first-order valence-corrected chi connectivity index (χ1v) is 9.66. The number of nitrogens with one attached hydrogen (secondary N) is 2. The number of hydrogen-bond donors (Lipinski definition) is 2. The molecule has 1 saturated heterocycles. The first-order chi connectivity index (χ1) is 12.5. The Hall–Kier alpha value is -1.22. The second-order valence-electron chi connectivity index (χ2n) is 8.23. The van der Waals surface area contributed by atoms with Gasteiger partial charge in [-0.05, 0) is 37.0 Å². The SMILES string of the molecule is CN=C(NCC(C)(C)c1ccc2c(c1)OCO2)NC1CCN(C2CC2)C1.I. The molecule has 1 aromatic rings. The van der Waals surface area contributed by atoms with E-state index < -0.39 is 0 Å². The van der Waals surface area contributed by atoms with E-state index in [1.54, 1.807) is 0 Å². The maximum atomic E-state index is 5.52. The van der Waals surface area contributed by atoms with Crippen molar-refractivity contribution >= 4 is 29.9 Å². The number of benzene rings is 1. The molecule has 4 rings (SSSR count). The molecule has 2 aliphatic heterocycles. The molecule has 2 fully saturated rings. The zero-order chi connectivity index (χ0) is 18.1. The minimum absolute atomic E-state index is 0. The number of halogens is 1. The number of likely N-dealkylation sites (tertiary alicyclic amines) is 1. The average Bonchev–Trinajstić information content (AvgIpc) is 3.19. The smallest absolute Gasteiger partial charge is 0.231 e. The molecule has 1 aromatic carbocycles. The number of guanidine groups is 1. The van der Waals surface area contributed by atoms with Crippen molar-refractivity contribution in [3.63, 3.8) is 0 Å². The lowest BCUT2D eigenvalue weighted by atomic mass is 9.84. The maximum Gasteiger partial charge on any atom is 0.231 e. The van der Waals surface area contributed by atoms with Crippen LogP contribution >= 0.6 is 24.0 Å². The van der Waals surface area contributed by atoms with Gasteiger partial charge in [-0.2, -0.15) is 0 Å². The molecule has 0 amide bonds. The third-order valence-electron chi connectivity index (χ3n) is 5.70. The Kier molecular flexibility index (Phi) is 6.40. The summed E-state index contributed by atoms with van der Waals surface area (Å²) in [6.45, 7) is 7.92. The molecule has 0 bridgehead atoms. The van der Waals surface area contributed by atoms with Crippen molar-refractivity contribution in [3.8, 4) is 11.5 Å². The van der Waals surface area contributed by atoms with Gasteiger partial charge >= 0.3 is 0 Å². The molecule has 3 aliphatic rings. The molecule has 6 nitrogen and oxygen atoms in total. The van der Waals surface area contributed by atoms with Crippen molar-refractivity contribution in [3.05, 3.63) is 23.8 Å². The number of fused-ring (bicyclic) bond motifs is 1. The highest BCUT2D eigenvalue weighted by Crippen LogP contribution is 2.36. The highest BCUT2D eigenvalue weighted by Gasteiger charge is 2.34. The molecule has 1 unspecified atom stereocenters. The first kappa shape index (κ1) is 20.5. The Morgan fingerprint density at radius 2 is 2.00 bits per heavy atom. The van der Waals surface area contributed by atoms with Crippen LogP contribution in [0, 0.1) is 0 Å². The van der Waals surface area contributed by atoms with Crippen molar-refractivity contribution in [1.29, 1.82) is 0 Å². The van der Waals surface area contributed by atoms with E-state index in [-0.39, 0.29) is 29.4 Å². The van der Waals surface area contributed by atoms with Crippen LogP contribution in [0.4, 0.5) is 0 Å². The van der Waals surface area contributed by atoms with Crippen LogP contribution in [0.3, 0.4) is 0 Å². The summed E-state index contributed by atoms with van der Waals surface area (Å²) < 4.78 is 10.9. The van der Waals surface area contributed by atoms with E-state index in [1.807, 2.05) is 13.1 Å². The number of rotatable bonds is 5. The Bertz CT molecular complexity index is 691. The molecule has 2 heterocycles. The molecule has 27 heavy (non-hydrogen) atoms. The minimum Gasteiger partial charge on any atom is -0.454 e. The van der Waals surface area contributed by atoms with Crippen LogP contribution in [0.25, 0.3) is 0 Å². The van der Waals surface area contributed by atoms with E-state index in [0.717, 1.165) is 36.6 Å². The van der Waals surface area contributed by atoms with Gasteiger partial charge in [-0.25, -0.2) is 0 Å². The van der Waals surface area contributed by atoms with E-state index in [9.17, 15) is 0 Å². The second-order valence-corrected chi connectivity index (χ2v) is 8.23. The van der Waals surface area contributed by atoms with Crippen molar-refractivity contribution < 1.29 is 9.47 Å². The molecule has 150 valence electrons. The average molecular weight is 486 g/mol. The maximum absolute atomic E-state index is 5.52. The summed E-state index contributed by atoms with van der Waals surface area (Å²) in [5.41, 5.74) is 1.18. The zero-order valence-electron chi connectivity index (χ0n) is 16.5. The first-order valence-electron chi connectivity index (χ1n) is 9.66. The molecule has 0 aromatic heterocycles. The summed E-state index contributed by atoms with van der Waals surface area (Å²) >= 11 is 0. The van der Waals surface area contributed by atoms with Gasteiger partial charge in [-0.3, -0.25) is 9.89 Å². The topological polar surface area (TPSA) is 58.1 Å². The predicted octanol–water partition coefficient (Wildman–Crippen LogP) is 2.71. The fourth-order valence-electron chi connectivity index (χ4n) is 3.79. The number of aliphatic imine (C=N–C) groups is 1. The zero-order valence-corrected chi connectivity index (χ0v) is 18.8. The van der Waals surface area contributed by atoms with Crippen molar-refractivity contribution in [2.75, 3.05) is 33.5 Å². The van der Waals surface area contributed by atoms with Gasteiger partial charge in [0.1, 0.15) is 0 Å². The van der Waals surface area contributed by atoms with Gasteiger partial charge in [0.25, 0.3) is 0 Å². The lowest BCUT2D eigenvalue weighted by Gasteiger charge is -2.28. The summed E-state index contributed by atoms with van der Waals surface area (Å²) in [5, 5.41) is 7.11.